The van der Waals surface area contributed by atoms with Crippen LogP contribution in [0.3, 0.4) is 0 Å². The lowest BCUT2D eigenvalue weighted by Crippen LogP contribution is -2.37. The van der Waals surface area contributed by atoms with Crippen molar-refractivity contribution in [1.82, 2.24) is 4.90 Å². The zero-order valence-corrected chi connectivity index (χ0v) is 8.32. The average molecular weight is 224 g/mol. The first-order chi connectivity index (χ1) is 5.36. The highest BCUT2D eigenvalue weighted by atomic mass is 79.9. The van der Waals surface area contributed by atoms with Gasteiger partial charge in [0.1, 0.15) is 6.67 Å². The van der Waals surface area contributed by atoms with Gasteiger partial charge in [-0.05, 0) is 25.3 Å². The van der Waals surface area contributed by atoms with Gasteiger partial charge in [-0.3, -0.25) is 0 Å². The smallest absolute Gasteiger partial charge is 0.102 e. The van der Waals surface area contributed by atoms with Gasteiger partial charge < -0.3 is 4.90 Å². The molecule has 3 heteroatoms. The van der Waals surface area contributed by atoms with Crippen LogP contribution in [0.4, 0.5) is 4.39 Å². The SMILES string of the molecule is FCCN1CCCC(CBr)C1. The van der Waals surface area contributed by atoms with Gasteiger partial charge in [-0.15, -0.1) is 0 Å². The van der Waals surface area contributed by atoms with Crippen molar-refractivity contribution >= 4 is 15.9 Å². The van der Waals surface area contributed by atoms with Crippen molar-refractivity contribution in [3.8, 4) is 0 Å². The van der Waals surface area contributed by atoms with Crippen LogP contribution in [0.15, 0.2) is 0 Å². The van der Waals surface area contributed by atoms with E-state index < -0.39 is 0 Å². The molecule has 66 valence electrons. The lowest BCUT2D eigenvalue weighted by atomic mass is 10.0. The van der Waals surface area contributed by atoms with Gasteiger partial charge in [-0.2, -0.15) is 0 Å². The summed E-state index contributed by atoms with van der Waals surface area (Å²) in [4.78, 5) is 2.22. The Balaban J connectivity index is 2.21. The molecule has 0 aromatic carbocycles. The Bertz CT molecular complexity index is 108. The summed E-state index contributed by atoms with van der Waals surface area (Å²) < 4.78 is 12.0. The van der Waals surface area contributed by atoms with Crippen molar-refractivity contribution < 1.29 is 4.39 Å². The molecule has 1 rings (SSSR count). The number of alkyl halides is 2. The summed E-state index contributed by atoms with van der Waals surface area (Å²) in [7, 11) is 0. The van der Waals surface area contributed by atoms with Crippen LogP contribution in [0.5, 0.6) is 0 Å². The largest absolute Gasteiger partial charge is 0.300 e. The molecule has 1 fully saturated rings. The van der Waals surface area contributed by atoms with E-state index in [-0.39, 0.29) is 6.67 Å². The summed E-state index contributed by atoms with van der Waals surface area (Å²) in [5.41, 5.74) is 0. The number of rotatable bonds is 3. The van der Waals surface area contributed by atoms with Crippen LogP contribution in [-0.2, 0) is 0 Å². The maximum absolute atomic E-state index is 12.0. The molecule has 11 heavy (non-hydrogen) atoms. The molecule has 1 nitrogen and oxygen atoms in total. The summed E-state index contributed by atoms with van der Waals surface area (Å²) in [6, 6.07) is 0. The first-order valence-corrected chi connectivity index (χ1v) is 5.33. The number of likely N-dealkylation sites (tertiary alicyclic amines) is 1. The molecule has 1 aliphatic rings. The third-order valence-electron chi connectivity index (χ3n) is 2.22. The predicted molar refractivity (Wildman–Crippen MR) is 48.9 cm³/mol. The lowest BCUT2D eigenvalue weighted by Gasteiger charge is -2.30. The van der Waals surface area contributed by atoms with Crippen LogP contribution in [-0.4, -0.2) is 36.5 Å². The van der Waals surface area contributed by atoms with Crippen LogP contribution in [0, 0.1) is 5.92 Å². The van der Waals surface area contributed by atoms with Crippen molar-refractivity contribution in [1.29, 1.82) is 0 Å². The van der Waals surface area contributed by atoms with Gasteiger partial charge in [-0.25, -0.2) is 4.39 Å². The second kappa shape index (κ2) is 5.09. The number of halogens is 2. The first kappa shape index (κ1) is 9.46. The van der Waals surface area contributed by atoms with Crippen LogP contribution >= 0.6 is 15.9 Å². The number of nitrogens with zero attached hydrogens (tertiary/aromatic N) is 1. The summed E-state index contributed by atoms with van der Waals surface area (Å²) in [5, 5.41) is 1.07. The molecule has 1 heterocycles. The molecule has 0 spiro atoms. The lowest BCUT2D eigenvalue weighted by molar-refractivity contribution is 0.174. The maximum atomic E-state index is 12.0. The quantitative estimate of drug-likeness (QED) is 0.663. The van der Waals surface area contributed by atoms with E-state index in [2.05, 4.69) is 20.8 Å². The van der Waals surface area contributed by atoms with Crippen LogP contribution in [0.25, 0.3) is 0 Å². The molecule has 0 aliphatic carbocycles. The highest BCUT2D eigenvalue weighted by Crippen LogP contribution is 2.17. The van der Waals surface area contributed by atoms with Crippen molar-refractivity contribution in [2.75, 3.05) is 31.6 Å². The third kappa shape index (κ3) is 3.08. The van der Waals surface area contributed by atoms with Crippen LogP contribution in [0.2, 0.25) is 0 Å². The molecule has 0 aromatic heterocycles. The van der Waals surface area contributed by atoms with E-state index in [9.17, 15) is 4.39 Å². The molecule has 0 radical (unpaired) electrons. The normalized spacial score (nSPS) is 27.3. The Hall–Kier alpha value is 0.370. The fourth-order valence-corrected chi connectivity index (χ4v) is 2.13. The summed E-state index contributed by atoms with van der Waals surface area (Å²) >= 11 is 3.47. The molecule has 0 saturated carbocycles. The highest BCUT2D eigenvalue weighted by Gasteiger charge is 2.17. The van der Waals surface area contributed by atoms with Gasteiger partial charge in [0.05, 0.1) is 0 Å². The van der Waals surface area contributed by atoms with Crippen LogP contribution < -0.4 is 0 Å². The zero-order chi connectivity index (χ0) is 8.10. The predicted octanol–water partition coefficient (Wildman–Crippen LogP) is 2.06. The summed E-state index contributed by atoms with van der Waals surface area (Å²) in [6.07, 6.45) is 2.53. The van der Waals surface area contributed by atoms with E-state index in [1.807, 2.05) is 0 Å². The van der Waals surface area contributed by atoms with Crippen LogP contribution in [0.1, 0.15) is 12.8 Å². The Morgan fingerprint density at radius 1 is 1.55 bits per heavy atom. The minimum atomic E-state index is -0.199. The van der Waals surface area contributed by atoms with E-state index in [1.165, 1.54) is 12.8 Å². The Morgan fingerprint density at radius 2 is 2.36 bits per heavy atom. The van der Waals surface area contributed by atoms with Gasteiger partial charge in [0.15, 0.2) is 0 Å². The number of piperidine rings is 1. The van der Waals surface area contributed by atoms with E-state index in [0.29, 0.717) is 6.54 Å². The topological polar surface area (TPSA) is 3.24 Å². The Labute approximate surface area is 76.1 Å². The Morgan fingerprint density at radius 3 is 3.00 bits per heavy atom. The van der Waals surface area contributed by atoms with Crippen molar-refractivity contribution in [2.45, 2.75) is 12.8 Å². The summed E-state index contributed by atoms with van der Waals surface area (Å²) in [6.45, 7) is 2.60. The van der Waals surface area contributed by atoms with Gasteiger partial charge in [0.2, 0.25) is 0 Å². The second-order valence-corrected chi connectivity index (χ2v) is 3.80. The minimum Gasteiger partial charge on any atom is -0.300 e. The zero-order valence-electron chi connectivity index (χ0n) is 6.73. The highest BCUT2D eigenvalue weighted by molar-refractivity contribution is 9.09. The standard InChI is InChI=1S/C8H15BrFN/c9-6-8-2-1-4-11(7-8)5-3-10/h8H,1-7H2. The molecule has 1 atom stereocenters. The second-order valence-electron chi connectivity index (χ2n) is 3.15. The van der Waals surface area contributed by atoms with Crippen molar-refractivity contribution in [3.05, 3.63) is 0 Å². The van der Waals surface area contributed by atoms with Gasteiger partial charge in [-0.1, -0.05) is 15.9 Å². The number of hydrogen-bond acceptors (Lipinski definition) is 1. The van der Waals surface area contributed by atoms with E-state index >= 15 is 0 Å². The monoisotopic (exact) mass is 223 g/mol. The molecule has 0 aromatic rings. The van der Waals surface area contributed by atoms with E-state index in [0.717, 1.165) is 24.3 Å². The molecule has 0 N–H and O–H groups in total. The van der Waals surface area contributed by atoms with Gasteiger partial charge in [0.25, 0.3) is 0 Å². The molecule has 0 amide bonds. The van der Waals surface area contributed by atoms with Gasteiger partial charge >= 0.3 is 0 Å². The van der Waals surface area contributed by atoms with E-state index in [4.69, 9.17) is 0 Å². The maximum Gasteiger partial charge on any atom is 0.102 e. The number of hydrogen-bond donors (Lipinski definition) is 0. The average Bonchev–Trinajstić information content (AvgIpc) is 2.06. The molecule has 1 unspecified atom stereocenters. The fourth-order valence-electron chi connectivity index (χ4n) is 1.60. The summed E-state index contributed by atoms with van der Waals surface area (Å²) in [5.74, 6) is 0.746. The molecule has 0 bridgehead atoms. The van der Waals surface area contributed by atoms with Gasteiger partial charge in [0, 0.05) is 18.4 Å². The van der Waals surface area contributed by atoms with E-state index in [1.54, 1.807) is 0 Å². The molecule has 1 saturated heterocycles. The fraction of sp³-hybridized carbons (Fsp3) is 1.00. The van der Waals surface area contributed by atoms with Crippen molar-refractivity contribution in [3.63, 3.8) is 0 Å². The molecular formula is C8H15BrFN. The Kier molecular flexibility index (Phi) is 4.38. The molecule has 1 aliphatic heterocycles. The molecular weight excluding hydrogens is 209 g/mol. The van der Waals surface area contributed by atoms with Crippen molar-refractivity contribution in [2.24, 2.45) is 5.92 Å². The first-order valence-electron chi connectivity index (χ1n) is 4.21. The minimum absolute atomic E-state index is 0.199. The third-order valence-corrected chi connectivity index (χ3v) is 3.14.